The van der Waals surface area contributed by atoms with Crippen molar-refractivity contribution in [2.24, 2.45) is 9.98 Å². The van der Waals surface area contributed by atoms with E-state index in [-0.39, 0.29) is 0 Å². The van der Waals surface area contributed by atoms with Crippen LogP contribution < -0.4 is 0 Å². The summed E-state index contributed by atoms with van der Waals surface area (Å²) in [5.74, 6) is 2.80. The molecule has 0 saturated heterocycles. The van der Waals surface area contributed by atoms with Gasteiger partial charge < -0.3 is 4.90 Å². The van der Waals surface area contributed by atoms with Gasteiger partial charge in [-0.2, -0.15) is 5.10 Å². The van der Waals surface area contributed by atoms with E-state index in [9.17, 15) is 0 Å². The molecule has 0 saturated carbocycles. The summed E-state index contributed by atoms with van der Waals surface area (Å²) in [6.07, 6.45) is 2.91. The molecule has 1 aromatic carbocycles. The highest BCUT2D eigenvalue weighted by Gasteiger charge is 2.29. The maximum Gasteiger partial charge on any atom is 0.168 e. The van der Waals surface area contributed by atoms with Gasteiger partial charge in [0.15, 0.2) is 5.82 Å². The minimum atomic E-state index is 0.710. The number of benzene rings is 1. The normalized spacial score (nSPS) is 17.0. The lowest BCUT2D eigenvalue weighted by atomic mass is 10.1. The van der Waals surface area contributed by atoms with Crippen LogP contribution in [0.5, 0.6) is 0 Å². The van der Waals surface area contributed by atoms with Crippen molar-refractivity contribution in [2.45, 2.75) is 13.3 Å². The highest BCUT2D eigenvalue weighted by atomic mass is 35.5. The van der Waals surface area contributed by atoms with Crippen molar-refractivity contribution in [1.29, 1.82) is 0 Å². The van der Waals surface area contributed by atoms with Gasteiger partial charge >= 0.3 is 0 Å². The third kappa shape index (κ3) is 1.96. The second-order valence-corrected chi connectivity index (χ2v) is 5.58. The zero-order valence-electron chi connectivity index (χ0n) is 11.6. The number of nitrogens with zero attached hydrogens (tertiary/aromatic N) is 5. The molecule has 2 aliphatic heterocycles. The van der Waals surface area contributed by atoms with Gasteiger partial charge in [0, 0.05) is 18.1 Å². The molecule has 0 spiro atoms. The first-order valence-corrected chi connectivity index (χ1v) is 7.33. The van der Waals surface area contributed by atoms with Gasteiger partial charge in [0.2, 0.25) is 0 Å². The van der Waals surface area contributed by atoms with Crippen molar-refractivity contribution in [1.82, 2.24) is 14.7 Å². The molecule has 2 aromatic rings. The molecule has 21 heavy (non-hydrogen) atoms. The monoisotopic (exact) mass is 299 g/mol. The molecule has 0 aliphatic carbocycles. The van der Waals surface area contributed by atoms with Gasteiger partial charge in [0.1, 0.15) is 11.7 Å². The number of rotatable bonds is 1. The lowest BCUT2D eigenvalue weighted by Gasteiger charge is -2.31. The summed E-state index contributed by atoms with van der Waals surface area (Å²) in [5.41, 5.74) is 1.94. The molecule has 106 valence electrons. The minimum Gasteiger partial charge on any atom is -0.314 e. The summed E-state index contributed by atoms with van der Waals surface area (Å²) < 4.78 is 1.84. The van der Waals surface area contributed by atoms with Crippen molar-refractivity contribution in [2.75, 3.05) is 13.1 Å². The van der Waals surface area contributed by atoms with Crippen molar-refractivity contribution >= 4 is 29.1 Å². The zero-order chi connectivity index (χ0) is 14.4. The SMILES string of the molecule is CC1=Nc2c(cnn2-c2ccc(Cl)cc2)C2=NCCCN12. The molecule has 0 unspecified atom stereocenters. The predicted octanol–water partition coefficient (Wildman–Crippen LogP) is 3.04. The van der Waals surface area contributed by atoms with E-state index in [4.69, 9.17) is 16.6 Å². The fraction of sp³-hybridized carbons (Fsp3) is 0.267. The number of aromatic nitrogens is 2. The zero-order valence-corrected chi connectivity index (χ0v) is 12.4. The standard InChI is InChI=1S/C15H14ClN5/c1-10-19-15-13(14-17-7-2-8-20(10)14)9-18-21(15)12-5-3-11(16)4-6-12/h3-6,9H,2,7-8H2,1H3. The second kappa shape index (κ2) is 4.70. The van der Waals surface area contributed by atoms with Gasteiger partial charge in [0.05, 0.1) is 17.4 Å². The summed E-state index contributed by atoms with van der Waals surface area (Å²) in [6.45, 7) is 3.85. The maximum absolute atomic E-state index is 5.95. The summed E-state index contributed by atoms with van der Waals surface area (Å²) in [5, 5.41) is 5.19. The van der Waals surface area contributed by atoms with E-state index in [1.54, 1.807) is 0 Å². The van der Waals surface area contributed by atoms with Crippen LogP contribution in [0.15, 0.2) is 40.4 Å². The number of halogens is 1. The number of amidine groups is 2. The number of fused-ring (bicyclic) bond motifs is 3. The van der Waals surface area contributed by atoms with Crippen molar-refractivity contribution < 1.29 is 0 Å². The summed E-state index contributed by atoms with van der Waals surface area (Å²) in [4.78, 5) is 11.5. The first-order chi connectivity index (χ1) is 10.2. The molecular formula is C15H14ClN5. The van der Waals surface area contributed by atoms with Crippen LogP contribution in [0.3, 0.4) is 0 Å². The molecule has 1 aromatic heterocycles. The van der Waals surface area contributed by atoms with E-state index < -0.39 is 0 Å². The largest absolute Gasteiger partial charge is 0.314 e. The van der Waals surface area contributed by atoms with E-state index in [1.807, 2.05) is 42.1 Å². The van der Waals surface area contributed by atoms with Crippen molar-refractivity contribution in [3.8, 4) is 5.69 Å². The van der Waals surface area contributed by atoms with Crippen LogP contribution in [0, 0.1) is 0 Å². The van der Waals surface area contributed by atoms with Crippen LogP contribution in [-0.4, -0.2) is 39.4 Å². The Morgan fingerprint density at radius 3 is 2.81 bits per heavy atom. The Bertz CT molecular complexity index is 757. The highest BCUT2D eigenvalue weighted by molar-refractivity contribution is 6.30. The van der Waals surface area contributed by atoms with Crippen molar-refractivity contribution in [3.63, 3.8) is 0 Å². The first-order valence-electron chi connectivity index (χ1n) is 6.95. The van der Waals surface area contributed by atoms with Crippen LogP contribution in [-0.2, 0) is 0 Å². The molecule has 0 atom stereocenters. The Balaban J connectivity index is 1.87. The molecule has 0 N–H and O–H groups in total. The van der Waals surface area contributed by atoms with Crippen LogP contribution in [0.2, 0.25) is 5.02 Å². The Morgan fingerprint density at radius 1 is 1.19 bits per heavy atom. The smallest absolute Gasteiger partial charge is 0.168 e. The van der Waals surface area contributed by atoms with Gasteiger partial charge in [0.25, 0.3) is 0 Å². The number of hydrogen-bond donors (Lipinski definition) is 0. The lowest BCUT2D eigenvalue weighted by Crippen LogP contribution is -2.41. The van der Waals surface area contributed by atoms with Crippen LogP contribution in [0.4, 0.5) is 5.82 Å². The van der Waals surface area contributed by atoms with E-state index >= 15 is 0 Å². The van der Waals surface area contributed by atoms with Crippen LogP contribution in [0.1, 0.15) is 18.9 Å². The molecule has 2 aliphatic rings. The fourth-order valence-corrected chi connectivity index (χ4v) is 2.87. The Hall–Kier alpha value is -2.14. The molecule has 4 rings (SSSR count). The molecule has 6 heteroatoms. The van der Waals surface area contributed by atoms with Crippen molar-refractivity contribution in [3.05, 3.63) is 41.0 Å². The average Bonchev–Trinajstić information content (AvgIpc) is 2.92. The third-order valence-corrected chi connectivity index (χ3v) is 4.02. The predicted molar refractivity (Wildman–Crippen MR) is 84.1 cm³/mol. The Labute approximate surface area is 127 Å². The van der Waals surface area contributed by atoms with E-state index in [0.717, 1.165) is 48.3 Å². The molecule has 5 nitrogen and oxygen atoms in total. The molecule has 3 heterocycles. The highest BCUT2D eigenvalue weighted by Crippen LogP contribution is 2.30. The molecule has 0 fully saturated rings. The van der Waals surface area contributed by atoms with Gasteiger partial charge in [-0.3, -0.25) is 4.99 Å². The molecule has 0 amide bonds. The quantitative estimate of drug-likeness (QED) is 0.812. The average molecular weight is 300 g/mol. The molecule has 0 bridgehead atoms. The maximum atomic E-state index is 5.95. The summed E-state index contributed by atoms with van der Waals surface area (Å²) in [7, 11) is 0. The molecular weight excluding hydrogens is 286 g/mol. The van der Waals surface area contributed by atoms with Crippen LogP contribution >= 0.6 is 11.6 Å². The fourth-order valence-electron chi connectivity index (χ4n) is 2.74. The van der Waals surface area contributed by atoms with E-state index in [0.29, 0.717) is 5.02 Å². The van der Waals surface area contributed by atoms with Gasteiger partial charge in [-0.15, -0.1) is 0 Å². The Kier molecular flexibility index (Phi) is 2.82. The summed E-state index contributed by atoms with van der Waals surface area (Å²) >= 11 is 5.95. The first kappa shape index (κ1) is 12.6. The lowest BCUT2D eigenvalue weighted by molar-refractivity contribution is 0.543. The number of hydrogen-bond acceptors (Lipinski definition) is 4. The number of aliphatic imine (C=N–C) groups is 2. The van der Waals surface area contributed by atoms with Gasteiger partial charge in [-0.1, -0.05) is 11.6 Å². The topological polar surface area (TPSA) is 45.8 Å². The Morgan fingerprint density at radius 2 is 2.00 bits per heavy atom. The van der Waals surface area contributed by atoms with E-state index in [1.165, 1.54) is 0 Å². The van der Waals surface area contributed by atoms with Gasteiger partial charge in [-0.05, 0) is 37.6 Å². The third-order valence-electron chi connectivity index (χ3n) is 3.77. The van der Waals surface area contributed by atoms with Gasteiger partial charge in [-0.25, -0.2) is 9.67 Å². The summed E-state index contributed by atoms with van der Waals surface area (Å²) in [6, 6.07) is 7.59. The van der Waals surface area contributed by atoms with E-state index in [2.05, 4.69) is 15.0 Å². The second-order valence-electron chi connectivity index (χ2n) is 5.14. The minimum absolute atomic E-state index is 0.710. The van der Waals surface area contributed by atoms with Crippen LogP contribution in [0.25, 0.3) is 5.69 Å². The molecule has 0 radical (unpaired) electrons.